The zero-order valence-electron chi connectivity index (χ0n) is 20.0. The number of rotatable bonds is 14. The predicted octanol–water partition coefficient (Wildman–Crippen LogP) is 4.45. The summed E-state index contributed by atoms with van der Waals surface area (Å²) in [5, 5.41) is 30.4. The Bertz CT molecular complexity index is 789. The van der Waals surface area contributed by atoms with Crippen molar-refractivity contribution in [1.29, 1.82) is 0 Å². The van der Waals surface area contributed by atoms with Gasteiger partial charge in [0.2, 0.25) is 0 Å². The first-order valence-electron chi connectivity index (χ1n) is 12.3. The maximum Gasteiger partial charge on any atom is 0.315 e. The topological polar surface area (TPSA) is 104 Å². The summed E-state index contributed by atoms with van der Waals surface area (Å²) in [5.74, 6) is -1.49. The SMILES string of the molecule is CCCCCC(O)C=CC1CC[C@@H](O)[C@]1(Cc1ccccc1CCCC(=O)O)C(=O)OCC. The van der Waals surface area contributed by atoms with Crippen LogP contribution in [0.4, 0.5) is 0 Å². The fourth-order valence-electron chi connectivity index (χ4n) is 4.92. The van der Waals surface area contributed by atoms with E-state index in [0.717, 1.165) is 30.4 Å². The van der Waals surface area contributed by atoms with Crippen LogP contribution in [-0.2, 0) is 27.2 Å². The Morgan fingerprint density at radius 3 is 2.55 bits per heavy atom. The van der Waals surface area contributed by atoms with Crippen LogP contribution in [0.2, 0.25) is 0 Å². The van der Waals surface area contributed by atoms with E-state index >= 15 is 0 Å². The predicted molar refractivity (Wildman–Crippen MR) is 128 cm³/mol. The molecule has 1 fully saturated rings. The molecule has 6 heteroatoms. The molecule has 1 aromatic rings. The number of aliphatic carboxylic acids is 1. The van der Waals surface area contributed by atoms with E-state index in [1.807, 2.05) is 30.3 Å². The number of aliphatic hydroxyl groups excluding tert-OH is 2. The highest BCUT2D eigenvalue weighted by Crippen LogP contribution is 2.48. The van der Waals surface area contributed by atoms with E-state index in [1.165, 1.54) is 0 Å². The third-order valence-corrected chi connectivity index (χ3v) is 6.77. The molecule has 2 unspecified atom stereocenters. The molecule has 0 spiro atoms. The highest BCUT2D eigenvalue weighted by molar-refractivity contribution is 5.79. The Hall–Kier alpha value is -2.18. The molecule has 6 nitrogen and oxygen atoms in total. The molecule has 0 radical (unpaired) electrons. The van der Waals surface area contributed by atoms with Crippen LogP contribution in [0.5, 0.6) is 0 Å². The van der Waals surface area contributed by atoms with E-state index < -0.39 is 29.6 Å². The second kappa shape index (κ2) is 13.5. The second-order valence-electron chi connectivity index (χ2n) is 9.10. The molecule has 1 aliphatic rings. The highest BCUT2D eigenvalue weighted by atomic mass is 16.5. The number of unbranched alkanes of at least 4 members (excludes halogenated alkanes) is 2. The number of carbonyl (C=O) groups is 2. The van der Waals surface area contributed by atoms with Gasteiger partial charge in [0.25, 0.3) is 0 Å². The number of ether oxygens (including phenoxy) is 1. The molecule has 33 heavy (non-hydrogen) atoms. The summed E-state index contributed by atoms with van der Waals surface area (Å²) in [7, 11) is 0. The minimum Gasteiger partial charge on any atom is -0.481 e. The van der Waals surface area contributed by atoms with Crippen molar-refractivity contribution in [3.63, 3.8) is 0 Å². The molecule has 4 atom stereocenters. The van der Waals surface area contributed by atoms with Crippen LogP contribution in [-0.4, -0.2) is 46.1 Å². The van der Waals surface area contributed by atoms with E-state index in [2.05, 4.69) is 6.92 Å². The fourth-order valence-corrected chi connectivity index (χ4v) is 4.92. The van der Waals surface area contributed by atoms with Gasteiger partial charge in [-0.05, 0) is 62.5 Å². The summed E-state index contributed by atoms with van der Waals surface area (Å²) in [6.45, 7) is 4.11. The number of esters is 1. The van der Waals surface area contributed by atoms with Crippen LogP contribution in [0.1, 0.15) is 76.3 Å². The number of benzene rings is 1. The molecule has 0 heterocycles. The molecular weight excluding hydrogens is 420 g/mol. The molecular formula is C27H40O6. The van der Waals surface area contributed by atoms with E-state index in [-0.39, 0.29) is 18.9 Å². The van der Waals surface area contributed by atoms with Gasteiger partial charge in [-0.25, -0.2) is 0 Å². The zero-order valence-corrected chi connectivity index (χ0v) is 20.0. The van der Waals surface area contributed by atoms with Crippen LogP contribution in [0, 0.1) is 11.3 Å². The summed E-state index contributed by atoms with van der Waals surface area (Å²) >= 11 is 0. The third-order valence-electron chi connectivity index (χ3n) is 6.77. The summed E-state index contributed by atoms with van der Waals surface area (Å²) in [5.41, 5.74) is 0.793. The standard InChI is InChI=1S/C27H40O6/c1-3-5-6-13-23(28)17-15-22-16-18-24(29)27(22,26(32)33-4-2)19-21-11-8-7-10-20(21)12-9-14-25(30)31/h7-8,10-11,15,17,22-24,28-29H,3-6,9,12-14,16,18-19H2,1-2H3,(H,30,31)/t22?,23?,24-,27-/m1/s1. The number of carboxylic acids is 1. The molecule has 0 bridgehead atoms. The van der Waals surface area contributed by atoms with Gasteiger partial charge in [-0.2, -0.15) is 0 Å². The molecule has 0 saturated heterocycles. The Balaban J connectivity index is 2.31. The molecule has 0 aromatic heterocycles. The lowest BCUT2D eigenvalue weighted by Crippen LogP contribution is -2.46. The van der Waals surface area contributed by atoms with Crippen molar-refractivity contribution in [2.24, 2.45) is 11.3 Å². The maximum absolute atomic E-state index is 13.3. The highest BCUT2D eigenvalue weighted by Gasteiger charge is 2.55. The molecule has 1 aromatic carbocycles. The fraction of sp³-hybridized carbons (Fsp3) is 0.630. The summed E-state index contributed by atoms with van der Waals surface area (Å²) in [6.07, 6.45) is 8.65. The van der Waals surface area contributed by atoms with Gasteiger partial charge in [0, 0.05) is 6.42 Å². The van der Waals surface area contributed by atoms with Crippen LogP contribution >= 0.6 is 0 Å². The first kappa shape index (κ1) is 27.1. The first-order chi connectivity index (χ1) is 15.8. The van der Waals surface area contributed by atoms with E-state index in [4.69, 9.17) is 9.84 Å². The van der Waals surface area contributed by atoms with Crippen molar-refractivity contribution >= 4 is 11.9 Å². The Labute approximate surface area is 197 Å². The Morgan fingerprint density at radius 2 is 1.88 bits per heavy atom. The third kappa shape index (κ3) is 7.41. The molecule has 0 aliphatic heterocycles. The van der Waals surface area contributed by atoms with Gasteiger partial charge < -0.3 is 20.1 Å². The van der Waals surface area contributed by atoms with E-state index in [9.17, 15) is 19.8 Å². The van der Waals surface area contributed by atoms with Gasteiger partial charge in [-0.15, -0.1) is 0 Å². The number of hydrogen-bond donors (Lipinski definition) is 3. The molecule has 1 aliphatic carbocycles. The van der Waals surface area contributed by atoms with Gasteiger partial charge in [-0.1, -0.05) is 62.6 Å². The summed E-state index contributed by atoms with van der Waals surface area (Å²) < 4.78 is 5.47. The number of aryl methyl sites for hydroxylation is 1. The van der Waals surface area contributed by atoms with Crippen molar-refractivity contribution in [2.75, 3.05) is 6.61 Å². The second-order valence-corrected chi connectivity index (χ2v) is 9.10. The van der Waals surface area contributed by atoms with Crippen LogP contribution in [0.25, 0.3) is 0 Å². The first-order valence-corrected chi connectivity index (χ1v) is 12.3. The zero-order chi connectivity index (χ0) is 24.3. The van der Waals surface area contributed by atoms with Gasteiger partial charge in [-0.3, -0.25) is 9.59 Å². The summed E-state index contributed by atoms with van der Waals surface area (Å²) in [6, 6.07) is 7.71. The van der Waals surface area contributed by atoms with Crippen molar-refractivity contribution in [2.45, 2.75) is 90.3 Å². The van der Waals surface area contributed by atoms with Crippen molar-refractivity contribution in [1.82, 2.24) is 0 Å². The Kier molecular flexibility index (Phi) is 11.1. The Morgan fingerprint density at radius 1 is 1.15 bits per heavy atom. The van der Waals surface area contributed by atoms with Crippen LogP contribution in [0.3, 0.4) is 0 Å². The van der Waals surface area contributed by atoms with Gasteiger partial charge in [0.05, 0.1) is 18.8 Å². The van der Waals surface area contributed by atoms with Crippen molar-refractivity contribution in [3.05, 3.63) is 47.5 Å². The quantitative estimate of drug-likeness (QED) is 0.215. The largest absolute Gasteiger partial charge is 0.481 e. The normalized spacial score (nSPS) is 23.6. The lowest BCUT2D eigenvalue weighted by Gasteiger charge is -2.35. The molecule has 0 amide bonds. The number of hydrogen-bond acceptors (Lipinski definition) is 5. The molecule has 2 rings (SSSR count). The van der Waals surface area contributed by atoms with Crippen molar-refractivity contribution < 1.29 is 29.6 Å². The minimum atomic E-state index is -1.13. The number of aliphatic hydroxyl groups is 2. The number of allylic oxidation sites excluding steroid dienone is 1. The van der Waals surface area contributed by atoms with Crippen LogP contribution in [0.15, 0.2) is 36.4 Å². The summed E-state index contributed by atoms with van der Waals surface area (Å²) in [4.78, 5) is 24.2. The number of carboxylic acid groups (broad SMARTS) is 1. The van der Waals surface area contributed by atoms with Gasteiger partial charge >= 0.3 is 11.9 Å². The lowest BCUT2D eigenvalue weighted by atomic mass is 9.70. The van der Waals surface area contributed by atoms with Crippen molar-refractivity contribution in [3.8, 4) is 0 Å². The van der Waals surface area contributed by atoms with E-state index in [1.54, 1.807) is 13.0 Å². The maximum atomic E-state index is 13.3. The molecule has 184 valence electrons. The van der Waals surface area contributed by atoms with E-state index in [0.29, 0.717) is 38.5 Å². The average molecular weight is 461 g/mol. The molecule has 3 N–H and O–H groups in total. The minimum absolute atomic E-state index is 0.0846. The van der Waals surface area contributed by atoms with Crippen LogP contribution < -0.4 is 0 Å². The average Bonchev–Trinajstić information content (AvgIpc) is 3.09. The van der Waals surface area contributed by atoms with Gasteiger partial charge in [0.1, 0.15) is 5.41 Å². The molecule has 1 saturated carbocycles. The monoisotopic (exact) mass is 460 g/mol. The smallest absolute Gasteiger partial charge is 0.315 e. The number of carbonyl (C=O) groups excluding carboxylic acids is 1. The van der Waals surface area contributed by atoms with Gasteiger partial charge in [0.15, 0.2) is 0 Å². The lowest BCUT2D eigenvalue weighted by molar-refractivity contribution is -0.163.